The molecule has 4 heteroatoms. The molecule has 3 rings (SSSR count). The molecule has 0 aromatic carbocycles. The van der Waals surface area contributed by atoms with Gasteiger partial charge in [0.05, 0.1) is 5.69 Å². The molecule has 1 aliphatic heterocycles. The van der Waals surface area contributed by atoms with Gasteiger partial charge in [-0.2, -0.15) is 0 Å². The van der Waals surface area contributed by atoms with Crippen LogP contribution in [0.5, 0.6) is 0 Å². The number of nitrogens with zero attached hydrogens (tertiary/aromatic N) is 3. The van der Waals surface area contributed by atoms with Crippen molar-refractivity contribution in [1.29, 1.82) is 0 Å². The van der Waals surface area contributed by atoms with Crippen LogP contribution in [0, 0.1) is 13.8 Å². The van der Waals surface area contributed by atoms with Crippen molar-refractivity contribution in [3.05, 3.63) is 40.5 Å². The van der Waals surface area contributed by atoms with E-state index in [4.69, 9.17) is 9.97 Å². The zero-order valence-corrected chi connectivity index (χ0v) is 12.3. The van der Waals surface area contributed by atoms with Gasteiger partial charge in [-0.25, -0.2) is 9.97 Å². The van der Waals surface area contributed by atoms with Crippen LogP contribution in [0.4, 0.5) is 0 Å². The Morgan fingerprint density at radius 3 is 2.55 bits per heavy atom. The first kappa shape index (κ1) is 13.2. The second-order valence-corrected chi connectivity index (χ2v) is 5.34. The summed E-state index contributed by atoms with van der Waals surface area (Å²) in [5.41, 5.74) is 6.78. The van der Waals surface area contributed by atoms with Crippen LogP contribution in [0.25, 0.3) is 11.4 Å². The van der Waals surface area contributed by atoms with E-state index in [1.165, 1.54) is 17.0 Å². The van der Waals surface area contributed by atoms with Gasteiger partial charge in [0, 0.05) is 47.7 Å². The summed E-state index contributed by atoms with van der Waals surface area (Å²) in [4.78, 5) is 14.0. The van der Waals surface area contributed by atoms with E-state index in [1.54, 1.807) is 0 Å². The number of pyridine rings is 1. The second kappa shape index (κ2) is 5.29. The molecular weight excluding hydrogens is 248 g/mol. The van der Waals surface area contributed by atoms with Crippen LogP contribution in [0.2, 0.25) is 0 Å². The molecule has 2 aromatic heterocycles. The van der Waals surface area contributed by atoms with Crippen molar-refractivity contribution in [2.24, 2.45) is 0 Å². The molecular formula is C16H20N4. The Morgan fingerprint density at radius 1 is 1.10 bits per heavy atom. The first-order valence-corrected chi connectivity index (χ1v) is 7.22. The molecule has 20 heavy (non-hydrogen) atoms. The van der Waals surface area contributed by atoms with Gasteiger partial charge in [0.1, 0.15) is 0 Å². The maximum atomic E-state index is 4.80. The Balaban J connectivity index is 2.14. The summed E-state index contributed by atoms with van der Waals surface area (Å²) in [6.45, 7) is 8.08. The van der Waals surface area contributed by atoms with E-state index in [9.17, 15) is 0 Å². The maximum Gasteiger partial charge on any atom is 0.159 e. The molecule has 2 aromatic rings. The van der Waals surface area contributed by atoms with Crippen LogP contribution in [0.3, 0.4) is 0 Å². The zero-order chi connectivity index (χ0) is 14.1. The molecule has 0 atom stereocenters. The van der Waals surface area contributed by atoms with Gasteiger partial charge in [-0.1, -0.05) is 6.92 Å². The van der Waals surface area contributed by atoms with E-state index >= 15 is 0 Å². The Morgan fingerprint density at radius 2 is 1.85 bits per heavy atom. The fourth-order valence-corrected chi connectivity index (χ4v) is 2.80. The lowest BCUT2D eigenvalue weighted by atomic mass is 10.0. The summed E-state index contributed by atoms with van der Waals surface area (Å²) in [6, 6.07) is 4.13. The summed E-state index contributed by atoms with van der Waals surface area (Å²) in [5, 5.41) is 3.40. The molecule has 4 nitrogen and oxygen atoms in total. The average molecular weight is 268 g/mol. The van der Waals surface area contributed by atoms with Gasteiger partial charge < -0.3 is 5.32 Å². The van der Waals surface area contributed by atoms with Gasteiger partial charge in [-0.05, 0) is 32.4 Å². The summed E-state index contributed by atoms with van der Waals surface area (Å²) < 4.78 is 0. The molecule has 0 fully saturated rings. The van der Waals surface area contributed by atoms with E-state index in [-0.39, 0.29) is 0 Å². The number of nitrogens with one attached hydrogen (secondary N) is 1. The van der Waals surface area contributed by atoms with E-state index < -0.39 is 0 Å². The fourth-order valence-electron chi connectivity index (χ4n) is 2.80. The first-order chi connectivity index (χ1) is 9.67. The quantitative estimate of drug-likeness (QED) is 0.908. The van der Waals surface area contributed by atoms with Gasteiger partial charge in [-0.15, -0.1) is 0 Å². The lowest BCUT2D eigenvalue weighted by Crippen LogP contribution is -2.26. The van der Waals surface area contributed by atoms with E-state index in [0.29, 0.717) is 0 Å². The van der Waals surface area contributed by atoms with E-state index in [0.717, 1.165) is 48.7 Å². The second-order valence-electron chi connectivity index (χ2n) is 5.34. The molecule has 0 radical (unpaired) electrons. The smallest absolute Gasteiger partial charge is 0.159 e. The van der Waals surface area contributed by atoms with Gasteiger partial charge in [0.25, 0.3) is 0 Å². The Labute approximate surface area is 119 Å². The van der Waals surface area contributed by atoms with Crippen LogP contribution in [-0.4, -0.2) is 21.5 Å². The molecule has 0 bridgehead atoms. The van der Waals surface area contributed by atoms with Crippen LogP contribution in [0.15, 0.2) is 12.1 Å². The van der Waals surface area contributed by atoms with Crippen molar-refractivity contribution < 1.29 is 0 Å². The largest absolute Gasteiger partial charge is 0.312 e. The molecule has 0 aliphatic carbocycles. The van der Waals surface area contributed by atoms with E-state index in [2.05, 4.69) is 29.4 Å². The number of hydrogen-bond acceptors (Lipinski definition) is 4. The highest BCUT2D eigenvalue weighted by Gasteiger charge is 2.17. The Bertz CT molecular complexity index is 612. The summed E-state index contributed by atoms with van der Waals surface area (Å²) in [6.07, 6.45) is 1.93. The Hall–Kier alpha value is -1.81. The minimum atomic E-state index is 0.844. The van der Waals surface area contributed by atoms with Crippen molar-refractivity contribution in [1.82, 2.24) is 20.3 Å². The fraction of sp³-hybridized carbons (Fsp3) is 0.438. The third kappa shape index (κ3) is 2.43. The van der Waals surface area contributed by atoms with Gasteiger partial charge in [-0.3, -0.25) is 4.98 Å². The maximum absolute atomic E-state index is 4.80. The van der Waals surface area contributed by atoms with Gasteiger partial charge in [0.15, 0.2) is 5.82 Å². The van der Waals surface area contributed by atoms with Crippen molar-refractivity contribution in [3.63, 3.8) is 0 Å². The standard InChI is InChI=1S/C16H20N4/c1-4-14-13-9-17-6-5-15(13)20-16(19-14)12-7-10(2)18-11(3)8-12/h7-8,17H,4-6,9H2,1-3H3. The van der Waals surface area contributed by atoms with Crippen molar-refractivity contribution in [2.45, 2.75) is 40.2 Å². The molecule has 0 saturated heterocycles. The van der Waals surface area contributed by atoms with Crippen molar-refractivity contribution in [3.8, 4) is 11.4 Å². The number of hydrogen-bond donors (Lipinski definition) is 1. The lowest BCUT2D eigenvalue weighted by Gasteiger charge is -2.19. The highest BCUT2D eigenvalue weighted by atomic mass is 15.0. The minimum Gasteiger partial charge on any atom is -0.312 e. The van der Waals surface area contributed by atoms with Crippen molar-refractivity contribution in [2.75, 3.05) is 6.54 Å². The normalized spacial score (nSPS) is 14.2. The third-order valence-electron chi connectivity index (χ3n) is 3.69. The molecule has 1 aliphatic rings. The number of aryl methyl sites for hydroxylation is 3. The molecule has 1 N–H and O–H groups in total. The number of rotatable bonds is 2. The first-order valence-electron chi connectivity index (χ1n) is 7.22. The monoisotopic (exact) mass is 268 g/mol. The molecule has 104 valence electrons. The molecule has 0 unspecified atom stereocenters. The van der Waals surface area contributed by atoms with Crippen molar-refractivity contribution >= 4 is 0 Å². The summed E-state index contributed by atoms with van der Waals surface area (Å²) >= 11 is 0. The average Bonchev–Trinajstić information content (AvgIpc) is 2.45. The topological polar surface area (TPSA) is 50.7 Å². The molecule has 3 heterocycles. The lowest BCUT2D eigenvalue weighted by molar-refractivity contribution is 0.618. The SMILES string of the molecule is CCc1nc(-c2cc(C)nc(C)c2)nc2c1CNCC2. The third-order valence-corrected chi connectivity index (χ3v) is 3.69. The molecule has 0 saturated carbocycles. The number of aromatic nitrogens is 3. The van der Waals surface area contributed by atoms with Crippen LogP contribution < -0.4 is 5.32 Å². The summed E-state index contributed by atoms with van der Waals surface area (Å²) in [7, 11) is 0. The highest BCUT2D eigenvalue weighted by molar-refractivity contribution is 5.57. The summed E-state index contributed by atoms with van der Waals surface area (Å²) in [5.74, 6) is 0.844. The Kier molecular flexibility index (Phi) is 3.49. The molecule has 0 amide bonds. The molecule has 0 spiro atoms. The van der Waals surface area contributed by atoms with E-state index in [1.807, 2.05) is 13.8 Å². The van der Waals surface area contributed by atoms with Crippen LogP contribution >= 0.6 is 0 Å². The van der Waals surface area contributed by atoms with Crippen LogP contribution in [0.1, 0.15) is 35.3 Å². The van der Waals surface area contributed by atoms with Gasteiger partial charge >= 0.3 is 0 Å². The predicted octanol–water partition coefficient (Wildman–Crippen LogP) is 2.36. The highest BCUT2D eigenvalue weighted by Crippen LogP contribution is 2.22. The van der Waals surface area contributed by atoms with Gasteiger partial charge in [0.2, 0.25) is 0 Å². The minimum absolute atomic E-state index is 0.844. The van der Waals surface area contributed by atoms with Crippen LogP contribution in [-0.2, 0) is 19.4 Å². The predicted molar refractivity (Wildman–Crippen MR) is 79.5 cm³/mol. The zero-order valence-electron chi connectivity index (χ0n) is 12.3. The number of fused-ring (bicyclic) bond motifs is 1.